The molecule has 47 heavy (non-hydrogen) atoms. The molecule has 0 radical (unpaired) electrons. The number of urea groups is 1. The van der Waals surface area contributed by atoms with Crippen LogP contribution in [0.3, 0.4) is 0 Å². The first-order valence-electron chi connectivity index (χ1n) is 15.5. The lowest BCUT2D eigenvalue weighted by molar-refractivity contribution is -0.118. The average Bonchev–Trinajstić information content (AvgIpc) is 3.49. The molecule has 3 N–H and O–H groups in total. The summed E-state index contributed by atoms with van der Waals surface area (Å²) < 4.78 is 18.9. The van der Waals surface area contributed by atoms with Crippen LogP contribution in [0.25, 0.3) is 5.69 Å². The van der Waals surface area contributed by atoms with Crippen molar-refractivity contribution in [1.82, 2.24) is 19.7 Å². The van der Waals surface area contributed by atoms with Gasteiger partial charge in [0, 0.05) is 48.3 Å². The van der Waals surface area contributed by atoms with Crippen LogP contribution in [-0.2, 0) is 21.4 Å². The Labute approximate surface area is 278 Å². The number of amides is 3. The van der Waals surface area contributed by atoms with Crippen molar-refractivity contribution in [2.75, 3.05) is 61.7 Å². The Morgan fingerprint density at radius 1 is 1.06 bits per heavy atom. The fourth-order valence-corrected chi connectivity index (χ4v) is 5.80. The summed E-state index contributed by atoms with van der Waals surface area (Å²) in [4.78, 5) is 32.4. The molecule has 0 spiro atoms. The van der Waals surface area contributed by atoms with Gasteiger partial charge < -0.3 is 24.8 Å². The molecule has 2 aliphatic rings. The van der Waals surface area contributed by atoms with Crippen LogP contribution < -0.4 is 25.4 Å². The van der Waals surface area contributed by atoms with E-state index in [1.807, 2.05) is 30.5 Å². The molecule has 6 rings (SSSR count). The number of pyridine rings is 1. The number of fused-ring (bicyclic) bond motifs is 1. The molecule has 1 fully saturated rings. The predicted molar refractivity (Wildman–Crippen MR) is 183 cm³/mol. The zero-order chi connectivity index (χ0) is 33.0. The number of aromatic nitrogens is 3. The zero-order valence-electron chi connectivity index (χ0n) is 27.0. The van der Waals surface area contributed by atoms with Crippen molar-refractivity contribution in [2.24, 2.45) is 0 Å². The molecular weight excluding hydrogens is 618 g/mol. The molecule has 13 heteroatoms. The third kappa shape index (κ3) is 7.87. The first kappa shape index (κ1) is 32.4. The minimum absolute atomic E-state index is 0.111. The summed E-state index contributed by atoms with van der Waals surface area (Å²) in [5, 5.41) is 13.5. The SMILES string of the molecule is CSc1cc(Oc2ccnc3c2OCC(=O)N3)ccc1NC(=O)Nc1cc(C(C)(C)C)nn1-c1ccc(CCN2CCOCC2)cc1. The molecule has 246 valence electrons. The van der Waals surface area contributed by atoms with Crippen LogP contribution in [-0.4, -0.2) is 77.3 Å². The van der Waals surface area contributed by atoms with Gasteiger partial charge >= 0.3 is 6.03 Å². The fraction of sp³-hybridized carbons (Fsp3) is 0.353. The van der Waals surface area contributed by atoms with E-state index in [0.717, 1.165) is 55.5 Å². The lowest BCUT2D eigenvalue weighted by atomic mass is 9.92. The van der Waals surface area contributed by atoms with E-state index in [1.165, 1.54) is 23.5 Å². The van der Waals surface area contributed by atoms with E-state index in [2.05, 4.69) is 58.7 Å². The maximum atomic E-state index is 13.4. The van der Waals surface area contributed by atoms with Crippen molar-refractivity contribution in [3.8, 4) is 22.9 Å². The van der Waals surface area contributed by atoms with Gasteiger partial charge in [-0.15, -0.1) is 11.8 Å². The van der Waals surface area contributed by atoms with Gasteiger partial charge in [0.2, 0.25) is 5.75 Å². The zero-order valence-corrected chi connectivity index (χ0v) is 27.8. The second kappa shape index (κ2) is 14.0. The Morgan fingerprint density at radius 2 is 1.85 bits per heavy atom. The monoisotopic (exact) mass is 657 g/mol. The Kier molecular flexibility index (Phi) is 9.66. The van der Waals surface area contributed by atoms with E-state index >= 15 is 0 Å². The van der Waals surface area contributed by atoms with E-state index in [9.17, 15) is 9.59 Å². The highest BCUT2D eigenvalue weighted by molar-refractivity contribution is 7.98. The molecule has 2 aromatic heterocycles. The Hall–Kier alpha value is -4.59. The quantitative estimate of drug-likeness (QED) is 0.188. The normalized spacial score (nSPS) is 14.9. The van der Waals surface area contributed by atoms with Crippen LogP contribution in [0, 0.1) is 0 Å². The Balaban J connectivity index is 1.15. The van der Waals surface area contributed by atoms with Gasteiger partial charge in [0.05, 0.1) is 30.3 Å². The summed E-state index contributed by atoms with van der Waals surface area (Å²) in [5.74, 6) is 1.93. The van der Waals surface area contributed by atoms with E-state index in [1.54, 1.807) is 22.9 Å². The van der Waals surface area contributed by atoms with Gasteiger partial charge in [-0.3, -0.25) is 15.0 Å². The minimum atomic E-state index is -0.398. The first-order valence-corrected chi connectivity index (χ1v) is 16.7. The van der Waals surface area contributed by atoms with Gasteiger partial charge in [0.15, 0.2) is 18.2 Å². The average molecular weight is 658 g/mol. The standard InChI is InChI=1S/C34H39N7O5S/c1-34(2,3)28-20-29(41(39-28)23-7-5-22(6-8-23)12-14-40-15-17-44-18-16-40)37-33(43)36-25-10-9-24(19-27(25)47-4)46-26-11-13-35-32-31(26)45-21-30(42)38-32/h5-11,13,19-20H,12,14-18,21H2,1-4H3,(H,35,38,42)(H2,36,37,43). The molecule has 2 aromatic carbocycles. The predicted octanol–water partition coefficient (Wildman–Crippen LogP) is 5.93. The molecule has 2 aliphatic heterocycles. The second-order valence-electron chi connectivity index (χ2n) is 12.3. The minimum Gasteiger partial charge on any atom is -0.476 e. The second-order valence-corrected chi connectivity index (χ2v) is 13.2. The number of carbonyl (C=O) groups is 2. The number of nitrogens with zero attached hydrogens (tertiary/aromatic N) is 4. The molecule has 0 bridgehead atoms. The molecule has 4 heterocycles. The van der Waals surface area contributed by atoms with Crippen LogP contribution >= 0.6 is 11.8 Å². The van der Waals surface area contributed by atoms with Gasteiger partial charge in [0.1, 0.15) is 11.6 Å². The lowest BCUT2D eigenvalue weighted by Crippen LogP contribution is -2.37. The number of hydrogen-bond acceptors (Lipinski definition) is 9. The highest BCUT2D eigenvalue weighted by atomic mass is 32.2. The van der Waals surface area contributed by atoms with Crippen LogP contribution in [0.1, 0.15) is 32.0 Å². The Bertz CT molecular complexity index is 1750. The summed E-state index contributed by atoms with van der Waals surface area (Å²) in [6.45, 7) is 10.7. The number of benzene rings is 2. The Morgan fingerprint density at radius 3 is 2.60 bits per heavy atom. The molecule has 0 saturated carbocycles. The smallest absolute Gasteiger partial charge is 0.324 e. The van der Waals surface area contributed by atoms with Crippen LogP contribution in [0.15, 0.2) is 65.7 Å². The number of carbonyl (C=O) groups excluding carboxylic acids is 2. The lowest BCUT2D eigenvalue weighted by Gasteiger charge is -2.26. The molecule has 0 aliphatic carbocycles. The summed E-state index contributed by atoms with van der Waals surface area (Å²) in [7, 11) is 0. The van der Waals surface area contributed by atoms with Crippen molar-refractivity contribution in [3.05, 3.63) is 72.1 Å². The number of nitrogens with one attached hydrogen (secondary N) is 3. The first-order chi connectivity index (χ1) is 22.7. The number of ether oxygens (including phenoxy) is 3. The highest BCUT2D eigenvalue weighted by Crippen LogP contribution is 2.39. The van der Waals surface area contributed by atoms with Gasteiger partial charge in [-0.05, 0) is 48.6 Å². The molecule has 0 unspecified atom stereocenters. The van der Waals surface area contributed by atoms with Crippen molar-refractivity contribution in [2.45, 2.75) is 37.5 Å². The summed E-state index contributed by atoms with van der Waals surface area (Å²) in [5.41, 5.74) is 3.37. The van der Waals surface area contributed by atoms with Gasteiger partial charge in [0.25, 0.3) is 5.91 Å². The van der Waals surface area contributed by atoms with Crippen LogP contribution in [0.4, 0.5) is 22.1 Å². The summed E-state index contributed by atoms with van der Waals surface area (Å²) >= 11 is 1.47. The number of rotatable bonds is 9. The number of hydrogen-bond donors (Lipinski definition) is 3. The summed E-state index contributed by atoms with van der Waals surface area (Å²) in [6.07, 6.45) is 4.42. The third-order valence-corrected chi connectivity index (χ3v) is 8.62. The highest BCUT2D eigenvalue weighted by Gasteiger charge is 2.23. The van der Waals surface area contributed by atoms with Crippen molar-refractivity contribution < 1.29 is 23.8 Å². The van der Waals surface area contributed by atoms with Gasteiger partial charge in [-0.25, -0.2) is 14.5 Å². The number of thioether (sulfide) groups is 1. The van der Waals surface area contributed by atoms with Gasteiger partial charge in [-0.1, -0.05) is 32.9 Å². The van der Waals surface area contributed by atoms with Crippen LogP contribution in [0.2, 0.25) is 0 Å². The molecule has 0 atom stereocenters. The molecule has 3 amide bonds. The topological polar surface area (TPSA) is 132 Å². The molecule has 1 saturated heterocycles. The van der Waals surface area contributed by atoms with E-state index in [4.69, 9.17) is 19.3 Å². The van der Waals surface area contributed by atoms with E-state index in [-0.39, 0.29) is 17.9 Å². The third-order valence-electron chi connectivity index (χ3n) is 7.84. The van der Waals surface area contributed by atoms with Crippen LogP contribution in [0.5, 0.6) is 17.2 Å². The molecule has 12 nitrogen and oxygen atoms in total. The number of morpholine rings is 1. The number of anilines is 3. The maximum Gasteiger partial charge on any atom is 0.324 e. The summed E-state index contributed by atoms with van der Waals surface area (Å²) in [6, 6.07) is 16.9. The molecular formula is C34H39N7O5S. The maximum absolute atomic E-state index is 13.4. The van der Waals surface area contributed by atoms with Gasteiger partial charge in [-0.2, -0.15) is 5.10 Å². The van der Waals surface area contributed by atoms with Crippen molar-refractivity contribution in [3.63, 3.8) is 0 Å². The van der Waals surface area contributed by atoms with E-state index in [0.29, 0.717) is 34.6 Å². The van der Waals surface area contributed by atoms with Crippen molar-refractivity contribution >= 4 is 41.0 Å². The fourth-order valence-electron chi connectivity index (χ4n) is 5.23. The molecule has 4 aromatic rings. The van der Waals surface area contributed by atoms with Crippen molar-refractivity contribution in [1.29, 1.82) is 0 Å². The largest absolute Gasteiger partial charge is 0.476 e. The van der Waals surface area contributed by atoms with E-state index < -0.39 is 6.03 Å².